The van der Waals surface area contributed by atoms with Crippen LogP contribution in [-0.2, 0) is 7.05 Å². The number of aryl methyl sites for hydroxylation is 1. The molecule has 2 amide bonds. The molecule has 32 heavy (non-hydrogen) atoms. The fraction of sp³-hybridized carbons (Fsp3) is 0.130. The lowest BCUT2D eigenvalue weighted by Crippen LogP contribution is -2.14. The van der Waals surface area contributed by atoms with Crippen molar-refractivity contribution in [2.75, 3.05) is 17.2 Å². The third-order valence-electron chi connectivity index (χ3n) is 4.52. The van der Waals surface area contributed by atoms with Crippen LogP contribution in [0, 0.1) is 0 Å². The third kappa shape index (κ3) is 5.01. The summed E-state index contributed by atoms with van der Waals surface area (Å²) in [5.74, 6) is 0.189. The zero-order valence-corrected chi connectivity index (χ0v) is 18.3. The van der Waals surface area contributed by atoms with Gasteiger partial charge in [-0.25, -0.2) is 4.98 Å². The topological polar surface area (TPSA) is 98.1 Å². The summed E-state index contributed by atoms with van der Waals surface area (Å²) in [5.41, 5.74) is 2.90. The number of hydrogen-bond donors (Lipinski definition) is 2. The molecule has 2 aromatic heterocycles. The van der Waals surface area contributed by atoms with Gasteiger partial charge in [-0.05, 0) is 55.5 Å². The van der Waals surface area contributed by atoms with Gasteiger partial charge in [0.25, 0.3) is 11.8 Å². The van der Waals surface area contributed by atoms with Gasteiger partial charge < -0.3 is 15.4 Å². The molecule has 0 aliphatic rings. The summed E-state index contributed by atoms with van der Waals surface area (Å²) in [6.07, 6.45) is 3.55. The van der Waals surface area contributed by atoms with Crippen molar-refractivity contribution in [3.05, 3.63) is 77.6 Å². The van der Waals surface area contributed by atoms with Crippen LogP contribution in [0.15, 0.2) is 66.3 Å². The quantitative estimate of drug-likeness (QED) is 0.436. The summed E-state index contributed by atoms with van der Waals surface area (Å²) < 4.78 is 7.08. The number of amides is 2. The second-order valence-electron chi connectivity index (χ2n) is 6.88. The van der Waals surface area contributed by atoms with E-state index < -0.39 is 0 Å². The number of nitrogens with one attached hydrogen (secondary N) is 2. The number of rotatable bonds is 7. The first-order chi connectivity index (χ1) is 15.5. The van der Waals surface area contributed by atoms with E-state index in [0.717, 1.165) is 16.3 Å². The molecule has 2 heterocycles. The lowest BCUT2D eigenvalue weighted by atomic mass is 10.2. The van der Waals surface area contributed by atoms with E-state index >= 15 is 0 Å². The maximum absolute atomic E-state index is 12.5. The van der Waals surface area contributed by atoms with E-state index in [1.54, 1.807) is 64.8 Å². The standard InChI is InChI=1S/C23H21N5O3S/c1-3-31-19-10-8-18(9-11-19)25-21(29)15-4-6-17(7-5-15)26-22(30)20-14-32-23(27-20)16-12-24-28(2)13-16/h4-14H,3H2,1-2H3,(H,25,29)(H,26,30). The van der Waals surface area contributed by atoms with E-state index in [0.29, 0.717) is 29.2 Å². The van der Waals surface area contributed by atoms with E-state index in [1.807, 2.05) is 20.2 Å². The molecule has 0 aliphatic heterocycles. The minimum atomic E-state index is -0.317. The Balaban J connectivity index is 1.36. The molecular weight excluding hydrogens is 426 g/mol. The van der Waals surface area contributed by atoms with Crippen LogP contribution in [0.5, 0.6) is 5.75 Å². The van der Waals surface area contributed by atoms with Gasteiger partial charge in [-0.2, -0.15) is 5.10 Å². The highest BCUT2D eigenvalue weighted by atomic mass is 32.1. The fourth-order valence-corrected chi connectivity index (χ4v) is 3.72. The van der Waals surface area contributed by atoms with E-state index in [1.165, 1.54) is 11.3 Å². The van der Waals surface area contributed by atoms with Crippen LogP contribution in [0.3, 0.4) is 0 Å². The van der Waals surface area contributed by atoms with E-state index in [4.69, 9.17) is 4.74 Å². The first-order valence-corrected chi connectivity index (χ1v) is 10.8. The smallest absolute Gasteiger partial charge is 0.275 e. The van der Waals surface area contributed by atoms with Gasteiger partial charge in [0.05, 0.1) is 12.8 Å². The van der Waals surface area contributed by atoms with Gasteiger partial charge in [0.1, 0.15) is 16.5 Å². The Kier molecular flexibility index (Phi) is 6.27. The third-order valence-corrected chi connectivity index (χ3v) is 5.41. The van der Waals surface area contributed by atoms with Gasteiger partial charge in [0.2, 0.25) is 0 Å². The Hall–Kier alpha value is -3.98. The van der Waals surface area contributed by atoms with Crippen molar-refractivity contribution in [1.82, 2.24) is 14.8 Å². The molecular formula is C23H21N5O3S. The van der Waals surface area contributed by atoms with Crippen molar-refractivity contribution in [1.29, 1.82) is 0 Å². The maximum Gasteiger partial charge on any atom is 0.275 e. The predicted octanol–water partition coefficient (Wildman–Crippen LogP) is 4.45. The highest BCUT2D eigenvalue weighted by molar-refractivity contribution is 7.13. The lowest BCUT2D eigenvalue weighted by Gasteiger charge is -2.08. The number of thiazole rings is 1. The zero-order chi connectivity index (χ0) is 22.5. The summed E-state index contributed by atoms with van der Waals surface area (Å²) in [5, 5.41) is 12.2. The van der Waals surface area contributed by atoms with Crippen LogP contribution in [0.4, 0.5) is 11.4 Å². The minimum Gasteiger partial charge on any atom is -0.494 e. The van der Waals surface area contributed by atoms with Crippen molar-refractivity contribution >= 4 is 34.5 Å². The van der Waals surface area contributed by atoms with Crippen LogP contribution in [0.1, 0.15) is 27.8 Å². The number of carbonyl (C=O) groups is 2. The van der Waals surface area contributed by atoms with E-state index in [-0.39, 0.29) is 11.8 Å². The second-order valence-corrected chi connectivity index (χ2v) is 7.74. The first kappa shape index (κ1) is 21.3. The normalized spacial score (nSPS) is 10.6. The number of anilines is 2. The van der Waals surface area contributed by atoms with Crippen molar-refractivity contribution in [2.45, 2.75) is 6.92 Å². The Morgan fingerprint density at radius 1 is 1.00 bits per heavy atom. The van der Waals surface area contributed by atoms with Crippen molar-refractivity contribution in [3.8, 4) is 16.3 Å². The molecule has 0 unspecified atom stereocenters. The second kappa shape index (κ2) is 9.44. The average Bonchev–Trinajstić information content (AvgIpc) is 3.45. The number of ether oxygens (including phenoxy) is 1. The Labute approximate surface area is 188 Å². The summed E-state index contributed by atoms with van der Waals surface area (Å²) in [6, 6.07) is 13.8. The van der Waals surface area contributed by atoms with Gasteiger partial charge in [-0.15, -0.1) is 11.3 Å². The van der Waals surface area contributed by atoms with Crippen LogP contribution < -0.4 is 15.4 Å². The van der Waals surface area contributed by atoms with Gasteiger partial charge in [0.15, 0.2) is 0 Å². The van der Waals surface area contributed by atoms with Crippen LogP contribution >= 0.6 is 11.3 Å². The Morgan fingerprint density at radius 3 is 2.28 bits per heavy atom. The van der Waals surface area contributed by atoms with Gasteiger partial charge in [-0.3, -0.25) is 14.3 Å². The summed E-state index contributed by atoms with van der Waals surface area (Å²) in [4.78, 5) is 29.4. The molecule has 0 radical (unpaired) electrons. The molecule has 9 heteroatoms. The molecule has 162 valence electrons. The maximum atomic E-state index is 12.5. The summed E-state index contributed by atoms with van der Waals surface area (Å²) in [7, 11) is 1.83. The highest BCUT2D eigenvalue weighted by Crippen LogP contribution is 2.23. The molecule has 0 fully saturated rings. The average molecular weight is 448 g/mol. The molecule has 0 saturated heterocycles. The number of hydrogen-bond acceptors (Lipinski definition) is 6. The molecule has 0 bridgehead atoms. The van der Waals surface area contributed by atoms with Crippen LogP contribution in [0.25, 0.3) is 10.6 Å². The van der Waals surface area contributed by atoms with Gasteiger partial charge in [-0.1, -0.05) is 0 Å². The van der Waals surface area contributed by atoms with Crippen molar-refractivity contribution in [2.24, 2.45) is 7.05 Å². The summed E-state index contributed by atoms with van der Waals surface area (Å²) in [6.45, 7) is 2.50. The predicted molar refractivity (Wildman–Crippen MR) is 124 cm³/mol. The van der Waals surface area contributed by atoms with E-state index in [9.17, 15) is 9.59 Å². The minimum absolute atomic E-state index is 0.243. The van der Waals surface area contributed by atoms with E-state index in [2.05, 4.69) is 20.7 Å². The molecule has 0 aliphatic carbocycles. The molecule has 0 spiro atoms. The Morgan fingerprint density at radius 2 is 1.66 bits per heavy atom. The lowest BCUT2D eigenvalue weighted by molar-refractivity contribution is 0.101. The van der Waals surface area contributed by atoms with Gasteiger partial charge in [0, 0.05) is 41.1 Å². The Bertz CT molecular complexity index is 1230. The van der Waals surface area contributed by atoms with Crippen molar-refractivity contribution < 1.29 is 14.3 Å². The highest BCUT2D eigenvalue weighted by Gasteiger charge is 2.14. The SMILES string of the molecule is CCOc1ccc(NC(=O)c2ccc(NC(=O)c3csc(-c4cnn(C)c4)n3)cc2)cc1. The molecule has 4 rings (SSSR count). The number of aromatic nitrogens is 3. The molecule has 8 nitrogen and oxygen atoms in total. The summed E-state index contributed by atoms with van der Waals surface area (Å²) >= 11 is 1.38. The largest absolute Gasteiger partial charge is 0.494 e. The van der Waals surface area contributed by atoms with Crippen molar-refractivity contribution in [3.63, 3.8) is 0 Å². The monoisotopic (exact) mass is 447 g/mol. The fourth-order valence-electron chi connectivity index (χ4n) is 2.95. The van der Waals surface area contributed by atoms with Crippen LogP contribution in [0.2, 0.25) is 0 Å². The number of benzene rings is 2. The molecule has 4 aromatic rings. The number of nitrogens with zero attached hydrogens (tertiary/aromatic N) is 3. The first-order valence-electron chi connectivity index (χ1n) is 9.92. The molecule has 0 atom stereocenters. The van der Waals surface area contributed by atoms with Crippen LogP contribution in [-0.4, -0.2) is 33.2 Å². The number of carbonyl (C=O) groups excluding carboxylic acids is 2. The molecule has 2 aromatic carbocycles. The molecule has 2 N–H and O–H groups in total. The molecule has 0 saturated carbocycles. The zero-order valence-electron chi connectivity index (χ0n) is 17.5. The van der Waals surface area contributed by atoms with Gasteiger partial charge >= 0.3 is 0 Å².